The molecule has 13 aliphatic rings. The molecule has 44 nitrogen and oxygen atoms in total. The standard InChI is InChI=1S/C87H137NO43/c1-13-82(9,112)20-14-15-35(2)70(110)125-63-41(94)29-117-74(61(63)107)128-67-45(31-114-37(4)92)123-77(68(59(67)105)130-75-62(108)65(43(96)30-118-75)127-78-69(109)86(113,33-90)34-120-78)131-79(111)87-25-49(97)80(5,6)23-39(87)38-16-17-48-83(10)21-19-51(81(7,8)47(83)18-22-84(48,11)85(38,12)24-50(87)98)124-71-52(88-36(3)91)55(101)66(129-76-58(104)56(102)54(100)44(26-89)121-76)46(122-71)32-119-72-60(106)64(42(95)28-115-72)126-73-57(103)53(99)40(93)27-116-73/h13,15-16,39-69,71-78,89-90,93-109,112-113H,1,14,17-34H2,2-12H3,(H,88,91)/b35-15+/t39-,40-,41-,42+,43-,44-,45-,46-,47+,48-,49+,50-,51+,52-,53+,54-,55-,56+,57-,58-,59+,60-,61-,62-,63+,64+,65+,66-,67-,68-,69+,71+,72+,73+,74+,75+,76+,77+,78+,82+,83+,84-,85-,86-,87-/m1/s1. The van der Waals surface area contributed by atoms with Crippen molar-refractivity contribution in [1.29, 1.82) is 0 Å². The summed E-state index contributed by atoms with van der Waals surface area (Å²) < 4.78 is 109. The van der Waals surface area contributed by atoms with Crippen LogP contribution in [0.2, 0.25) is 0 Å². The Kier molecular flexibility index (Phi) is 32.1. The van der Waals surface area contributed by atoms with Crippen LogP contribution in [0.15, 0.2) is 36.0 Å². The highest BCUT2D eigenvalue weighted by Gasteiger charge is 2.74. The number of aliphatic hydroxyl groups is 21. The van der Waals surface area contributed by atoms with Gasteiger partial charge in [-0.25, -0.2) is 4.79 Å². The van der Waals surface area contributed by atoms with Gasteiger partial charge in [-0.1, -0.05) is 72.3 Å². The van der Waals surface area contributed by atoms with E-state index in [1.54, 1.807) is 0 Å². The van der Waals surface area contributed by atoms with Crippen LogP contribution in [0.1, 0.15) is 140 Å². The molecule has 5 aliphatic carbocycles. The Morgan fingerprint density at radius 3 is 1.71 bits per heavy atom. The van der Waals surface area contributed by atoms with Gasteiger partial charge in [0.2, 0.25) is 12.2 Å². The summed E-state index contributed by atoms with van der Waals surface area (Å²) in [5.41, 5.74) is -8.80. The molecule has 0 bridgehead atoms. The summed E-state index contributed by atoms with van der Waals surface area (Å²) in [6, 6.07) is -1.50. The number of allylic oxidation sites excluding steroid dienone is 3. The highest BCUT2D eigenvalue weighted by molar-refractivity contribution is 5.88. The Labute approximate surface area is 756 Å². The van der Waals surface area contributed by atoms with Crippen molar-refractivity contribution in [3.8, 4) is 0 Å². The minimum Gasteiger partial charge on any atom is -0.463 e. The first kappa shape index (κ1) is 104. The number of carbonyl (C=O) groups excluding carboxylic acids is 4. The summed E-state index contributed by atoms with van der Waals surface area (Å²) in [7, 11) is 0. The third-order valence-corrected chi connectivity index (χ3v) is 31.0. The maximum atomic E-state index is 16.5. The number of aliphatic hydroxyl groups excluding tert-OH is 19. The van der Waals surface area contributed by atoms with Crippen LogP contribution in [0.25, 0.3) is 0 Å². The maximum absolute atomic E-state index is 16.5. The van der Waals surface area contributed by atoms with Gasteiger partial charge in [-0.15, -0.1) is 6.58 Å². The van der Waals surface area contributed by atoms with Crippen LogP contribution in [0.3, 0.4) is 0 Å². The predicted molar refractivity (Wildman–Crippen MR) is 435 cm³/mol. The molecule has 131 heavy (non-hydrogen) atoms. The van der Waals surface area contributed by atoms with Crippen LogP contribution in [0.4, 0.5) is 0 Å². The van der Waals surface area contributed by atoms with Crippen molar-refractivity contribution in [3.63, 3.8) is 0 Å². The predicted octanol–water partition coefficient (Wildman–Crippen LogP) is -6.67. The molecule has 0 unspecified atom stereocenters. The first-order valence-corrected chi connectivity index (χ1v) is 45.0. The lowest BCUT2D eigenvalue weighted by molar-refractivity contribution is -0.377. The van der Waals surface area contributed by atoms with Gasteiger partial charge in [-0.3, -0.25) is 14.4 Å². The third kappa shape index (κ3) is 20.0. The van der Waals surface area contributed by atoms with Gasteiger partial charge in [-0.2, -0.15) is 0 Å². The normalized spacial score (nSPS) is 49.2. The quantitative estimate of drug-likeness (QED) is 0.0114. The molecule has 0 aromatic carbocycles. The summed E-state index contributed by atoms with van der Waals surface area (Å²) in [5, 5.41) is 241. The number of carbonyl (C=O) groups is 4. The van der Waals surface area contributed by atoms with Crippen LogP contribution in [0, 0.1) is 50.2 Å². The Morgan fingerprint density at radius 2 is 1.09 bits per heavy atom. The molecule has 8 heterocycles. The van der Waals surface area contributed by atoms with Gasteiger partial charge in [0.1, 0.15) is 158 Å². The number of amides is 1. The Bertz CT molecular complexity index is 3990. The van der Waals surface area contributed by atoms with Crippen molar-refractivity contribution in [2.24, 2.45) is 50.2 Å². The molecule has 0 aromatic heterocycles. The molecule has 8 saturated heterocycles. The first-order valence-electron chi connectivity index (χ1n) is 45.0. The van der Waals surface area contributed by atoms with Crippen LogP contribution in [-0.2, 0) is 104 Å². The number of hydrogen-bond acceptors (Lipinski definition) is 43. The summed E-state index contributed by atoms with van der Waals surface area (Å²) in [6.45, 7) is 16.5. The van der Waals surface area contributed by atoms with E-state index in [2.05, 4.69) is 38.7 Å². The fraction of sp³-hybridized carbons (Fsp3) is 0.885. The Balaban J connectivity index is 0.778. The van der Waals surface area contributed by atoms with E-state index in [9.17, 15) is 122 Å². The molecule has 0 aromatic rings. The number of fused-ring (bicyclic) bond motifs is 7. The average molecular weight is 1890 g/mol. The monoisotopic (exact) mass is 1880 g/mol. The fourth-order valence-corrected chi connectivity index (χ4v) is 22.8. The minimum absolute atomic E-state index is 0.0203. The molecule has 12 fully saturated rings. The minimum atomic E-state index is -2.27. The number of rotatable bonds is 28. The summed E-state index contributed by atoms with van der Waals surface area (Å²) in [4.78, 5) is 56.3. The molecule has 0 spiro atoms. The molecule has 45 atom stereocenters. The van der Waals surface area contributed by atoms with Gasteiger partial charge in [-0.05, 0) is 123 Å². The Hall–Kier alpha value is -4.34. The van der Waals surface area contributed by atoms with E-state index >= 15 is 4.79 Å². The molecular formula is C87H137NO43. The SMILES string of the molecule is C=C[C@](C)(O)CC/C=C(\C)C(=O)O[C@@H]1[C@@H](O)[C@H](O[C@H]2[C@H](O)[C@@H](O[C@@H]3OC[C@@H](O)[C@H](O[C@@H]4OC[C@](O)(CO)[C@H]4O)[C@H]3O)[C@H](OC(=O)[C@]34C[C@H](O)C(C)(C)C[C@@H]3C3=CC[C@@H]5[C@@]6(C)CC[C@H](O[C@@H]7O[C@H](CO[C@@H]8OC[C@H](O)[C@H](O[C@@H]9OC[C@@H](O)[C@H](O)[C@H]9O)[C@H]8O)[C@@H](O[C@@H]8O[C@H](CO)[C@@H](O)[C@H](O)[C@H]8O)[C@H](O)[C@H]7NC(C)=O)C(C)(C)[C@@H]6CC[C@@]5(C)[C@]3(C)C[C@H]4O)O[C@@H]2COC(C)=O)OC[C@H]1O. The summed E-state index contributed by atoms with van der Waals surface area (Å²) in [6.07, 6.45) is -55.6. The lowest BCUT2D eigenvalue weighted by Crippen LogP contribution is -2.70. The molecular weight excluding hydrogens is 1750 g/mol. The molecule has 44 heteroatoms. The van der Waals surface area contributed by atoms with E-state index in [-0.39, 0.29) is 43.1 Å². The summed E-state index contributed by atoms with van der Waals surface area (Å²) >= 11 is 0. The second kappa shape index (κ2) is 40.5. The molecule has 8 aliphatic heterocycles. The average Bonchev–Trinajstić information content (AvgIpc) is 0.782. The molecule has 4 saturated carbocycles. The topological polar surface area (TPSA) is 671 Å². The van der Waals surface area contributed by atoms with Crippen molar-refractivity contribution in [3.05, 3.63) is 36.0 Å². The second-order valence-electron chi connectivity index (χ2n) is 40.3. The second-order valence-corrected chi connectivity index (χ2v) is 40.3. The van der Waals surface area contributed by atoms with Crippen LogP contribution in [0.5, 0.6) is 0 Å². The fourth-order valence-electron chi connectivity index (χ4n) is 22.8. The van der Waals surface area contributed by atoms with E-state index in [4.69, 9.17) is 85.3 Å². The highest BCUT2D eigenvalue weighted by Crippen LogP contribution is 2.76. The van der Waals surface area contributed by atoms with E-state index < -0.39 is 360 Å². The van der Waals surface area contributed by atoms with Gasteiger partial charge in [0.05, 0.1) is 76.8 Å². The van der Waals surface area contributed by atoms with Crippen molar-refractivity contribution >= 4 is 23.8 Å². The van der Waals surface area contributed by atoms with Crippen molar-refractivity contribution in [2.75, 3.05) is 59.5 Å². The lowest BCUT2D eigenvalue weighted by Gasteiger charge is -2.72. The zero-order chi connectivity index (χ0) is 96.0. The van der Waals surface area contributed by atoms with Crippen molar-refractivity contribution in [2.45, 2.75) is 373 Å². The van der Waals surface area contributed by atoms with E-state index in [1.165, 1.54) is 32.9 Å². The zero-order valence-electron chi connectivity index (χ0n) is 75.3. The molecule has 22 N–H and O–H groups in total. The number of nitrogens with one attached hydrogen (secondary N) is 1. The van der Waals surface area contributed by atoms with E-state index in [0.717, 1.165) is 12.5 Å². The molecule has 748 valence electrons. The number of ether oxygens (including phenoxy) is 18. The van der Waals surface area contributed by atoms with Gasteiger partial charge in [0.15, 0.2) is 56.2 Å². The lowest BCUT2D eigenvalue weighted by atomic mass is 9.33. The van der Waals surface area contributed by atoms with Gasteiger partial charge in [0.25, 0.3) is 0 Å². The Morgan fingerprint density at radius 1 is 0.542 bits per heavy atom. The first-order chi connectivity index (χ1) is 61.4. The van der Waals surface area contributed by atoms with Crippen LogP contribution in [-0.4, -0.2) is 423 Å². The zero-order valence-corrected chi connectivity index (χ0v) is 75.3. The molecule has 0 radical (unpaired) electrons. The molecule has 13 rings (SSSR count). The van der Waals surface area contributed by atoms with Crippen molar-refractivity contribution < 1.29 is 212 Å². The third-order valence-electron chi connectivity index (χ3n) is 31.0. The van der Waals surface area contributed by atoms with Crippen LogP contribution >= 0.6 is 0 Å². The van der Waals surface area contributed by atoms with Crippen molar-refractivity contribution in [1.82, 2.24) is 5.32 Å². The van der Waals surface area contributed by atoms with Crippen LogP contribution < -0.4 is 5.32 Å². The maximum Gasteiger partial charge on any atom is 0.333 e. The largest absolute Gasteiger partial charge is 0.463 e. The van der Waals surface area contributed by atoms with E-state index in [0.29, 0.717) is 32.1 Å². The highest BCUT2D eigenvalue weighted by atomic mass is 16.8. The van der Waals surface area contributed by atoms with Gasteiger partial charge >= 0.3 is 17.9 Å². The molecule has 1 amide bonds. The van der Waals surface area contributed by atoms with E-state index in [1.807, 2.05) is 27.7 Å². The summed E-state index contributed by atoms with van der Waals surface area (Å²) in [5.74, 6) is -5.07. The smallest absolute Gasteiger partial charge is 0.333 e. The number of hydrogen-bond donors (Lipinski definition) is 22. The number of esters is 3. The van der Waals surface area contributed by atoms with Gasteiger partial charge in [0, 0.05) is 19.4 Å². The van der Waals surface area contributed by atoms with Gasteiger partial charge < -0.3 is 198 Å².